The lowest BCUT2D eigenvalue weighted by Crippen LogP contribution is -2.36. The summed E-state index contributed by atoms with van der Waals surface area (Å²) in [5, 5.41) is 2.01. The second-order valence-corrected chi connectivity index (χ2v) is 5.50. The Labute approximate surface area is 124 Å². The van der Waals surface area contributed by atoms with Crippen molar-refractivity contribution in [2.75, 3.05) is 14.2 Å². The van der Waals surface area contributed by atoms with E-state index in [1.54, 1.807) is 7.05 Å². The third kappa shape index (κ3) is 3.87. The number of rotatable bonds is 4. The van der Waals surface area contributed by atoms with Crippen molar-refractivity contribution in [2.24, 2.45) is 5.92 Å². The largest absolute Gasteiger partial charge is 0.490 e. The van der Waals surface area contributed by atoms with Gasteiger partial charge in [0.2, 0.25) is 5.91 Å². The van der Waals surface area contributed by atoms with Gasteiger partial charge in [-0.3, -0.25) is 9.63 Å². The lowest BCUT2D eigenvalue weighted by Gasteiger charge is -2.30. The minimum atomic E-state index is 0.0463. The van der Waals surface area contributed by atoms with Crippen LogP contribution in [0.4, 0.5) is 0 Å². The maximum atomic E-state index is 12.0. The second kappa shape index (κ2) is 6.95. The summed E-state index contributed by atoms with van der Waals surface area (Å²) in [4.78, 5) is 16.9. The fraction of sp³-hybridized carbons (Fsp3) is 0.533. The Balaban J connectivity index is 1.82. The number of amides is 1. The molecule has 5 heteroatoms. The van der Waals surface area contributed by atoms with E-state index in [1.807, 2.05) is 24.3 Å². The molecule has 0 saturated heterocycles. The van der Waals surface area contributed by atoms with E-state index < -0.39 is 0 Å². The Bertz CT molecular complexity index is 441. The van der Waals surface area contributed by atoms with Gasteiger partial charge in [-0.2, -0.15) is 0 Å². The predicted molar refractivity (Wildman–Crippen MR) is 77.6 cm³/mol. The highest BCUT2D eigenvalue weighted by Crippen LogP contribution is 2.29. The summed E-state index contributed by atoms with van der Waals surface area (Å²) in [6.07, 6.45) is 3.62. The van der Waals surface area contributed by atoms with Crippen LogP contribution in [-0.2, 0) is 9.63 Å². The highest BCUT2D eigenvalue weighted by Gasteiger charge is 2.29. The zero-order valence-corrected chi connectivity index (χ0v) is 12.6. The molecule has 0 atom stereocenters. The van der Waals surface area contributed by atoms with Gasteiger partial charge in [0.25, 0.3) is 0 Å². The number of hydrogen-bond acceptors (Lipinski definition) is 3. The van der Waals surface area contributed by atoms with Crippen LogP contribution in [0.15, 0.2) is 24.3 Å². The van der Waals surface area contributed by atoms with Crippen LogP contribution >= 0.6 is 11.6 Å². The summed E-state index contributed by atoms with van der Waals surface area (Å²) in [6.45, 7) is 0. The van der Waals surface area contributed by atoms with E-state index in [4.69, 9.17) is 21.2 Å². The smallest absolute Gasteiger partial charge is 0.248 e. The van der Waals surface area contributed by atoms with Gasteiger partial charge >= 0.3 is 0 Å². The minimum Gasteiger partial charge on any atom is -0.490 e. The van der Waals surface area contributed by atoms with Crippen molar-refractivity contribution in [3.8, 4) is 5.75 Å². The van der Waals surface area contributed by atoms with Crippen molar-refractivity contribution in [3.63, 3.8) is 0 Å². The number of carbonyl (C=O) groups is 1. The van der Waals surface area contributed by atoms with Gasteiger partial charge < -0.3 is 4.74 Å². The summed E-state index contributed by atoms with van der Waals surface area (Å²) in [5.41, 5.74) is 0. The van der Waals surface area contributed by atoms with Crippen LogP contribution in [-0.4, -0.2) is 31.2 Å². The number of hydroxylamine groups is 2. The molecule has 0 heterocycles. The molecule has 0 N–H and O–H groups in total. The van der Waals surface area contributed by atoms with Crippen LogP contribution in [0, 0.1) is 5.92 Å². The molecule has 1 aromatic carbocycles. The molecule has 20 heavy (non-hydrogen) atoms. The van der Waals surface area contributed by atoms with Crippen LogP contribution in [0.5, 0.6) is 5.75 Å². The number of benzene rings is 1. The fourth-order valence-corrected chi connectivity index (χ4v) is 2.61. The van der Waals surface area contributed by atoms with Gasteiger partial charge in [-0.15, -0.1) is 0 Å². The van der Waals surface area contributed by atoms with Gasteiger partial charge in [-0.05, 0) is 49.9 Å². The fourth-order valence-electron chi connectivity index (χ4n) is 2.48. The van der Waals surface area contributed by atoms with Crippen LogP contribution in [0.2, 0.25) is 5.02 Å². The first kappa shape index (κ1) is 15.1. The van der Waals surface area contributed by atoms with Crippen molar-refractivity contribution in [1.82, 2.24) is 5.06 Å². The molecule has 110 valence electrons. The SMILES string of the molecule is CON(C)C(=O)C1CCC(Oc2ccc(Cl)cc2)CC1. The molecule has 0 bridgehead atoms. The van der Waals surface area contributed by atoms with Crippen LogP contribution in [0.3, 0.4) is 0 Å². The average Bonchev–Trinajstić information content (AvgIpc) is 2.49. The summed E-state index contributed by atoms with van der Waals surface area (Å²) < 4.78 is 5.91. The van der Waals surface area contributed by atoms with Gasteiger partial charge in [-0.1, -0.05) is 11.6 Å². The van der Waals surface area contributed by atoms with Crippen molar-refractivity contribution in [1.29, 1.82) is 0 Å². The van der Waals surface area contributed by atoms with Gasteiger partial charge in [-0.25, -0.2) is 5.06 Å². The van der Waals surface area contributed by atoms with Crippen LogP contribution in [0.1, 0.15) is 25.7 Å². The maximum absolute atomic E-state index is 12.0. The Kier molecular flexibility index (Phi) is 5.26. The lowest BCUT2D eigenvalue weighted by atomic mass is 9.86. The minimum absolute atomic E-state index is 0.0463. The molecule has 0 aliphatic heterocycles. The third-order valence-corrected chi connectivity index (χ3v) is 3.98. The molecule has 1 saturated carbocycles. The van der Waals surface area contributed by atoms with Crippen LogP contribution in [0.25, 0.3) is 0 Å². The van der Waals surface area contributed by atoms with E-state index >= 15 is 0 Å². The molecular formula is C15H20ClNO3. The van der Waals surface area contributed by atoms with Crippen LogP contribution < -0.4 is 4.74 Å². The first-order chi connectivity index (χ1) is 9.60. The van der Waals surface area contributed by atoms with E-state index in [2.05, 4.69) is 0 Å². The van der Waals surface area contributed by atoms with Gasteiger partial charge in [0.15, 0.2) is 0 Å². The van der Waals surface area contributed by atoms with Gasteiger partial charge in [0, 0.05) is 18.0 Å². The monoisotopic (exact) mass is 297 g/mol. The summed E-state index contributed by atoms with van der Waals surface area (Å²) in [5.74, 6) is 0.931. The Morgan fingerprint density at radius 1 is 1.20 bits per heavy atom. The number of halogens is 1. The topological polar surface area (TPSA) is 38.8 Å². The van der Waals surface area contributed by atoms with Gasteiger partial charge in [0.05, 0.1) is 13.2 Å². The van der Waals surface area contributed by atoms with E-state index in [9.17, 15) is 4.79 Å². The molecule has 0 unspecified atom stereocenters. The standard InChI is InChI=1S/C15H20ClNO3/c1-17(19-2)15(18)11-3-7-13(8-4-11)20-14-9-5-12(16)6-10-14/h5-6,9-11,13H,3-4,7-8H2,1-2H3. The zero-order valence-electron chi connectivity index (χ0n) is 11.8. The van der Waals surface area contributed by atoms with E-state index in [1.165, 1.54) is 12.2 Å². The highest BCUT2D eigenvalue weighted by molar-refractivity contribution is 6.30. The summed E-state index contributed by atoms with van der Waals surface area (Å²) in [7, 11) is 3.16. The molecule has 0 aromatic heterocycles. The molecule has 4 nitrogen and oxygen atoms in total. The Morgan fingerprint density at radius 3 is 2.35 bits per heavy atom. The molecule has 0 spiro atoms. The quantitative estimate of drug-likeness (QED) is 0.801. The summed E-state index contributed by atoms with van der Waals surface area (Å²) >= 11 is 5.84. The average molecular weight is 298 g/mol. The number of carbonyl (C=O) groups excluding carboxylic acids is 1. The van der Waals surface area contributed by atoms with E-state index in [0.717, 1.165) is 31.4 Å². The maximum Gasteiger partial charge on any atom is 0.248 e. The molecule has 1 fully saturated rings. The predicted octanol–water partition coefficient (Wildman–Crippen LogP) is 3.30. The highest BCUT2D eigenvalue weighted by atomic mass is 35.5. The molecule has 1 aliphatic carbocycles. The van der Waals surface area contributed by atoms with E-state index in [0.29, 0.717) is 5.02 Å². The third-order valence-electron chi connectivity index (χ3n) is 3.72. The van der Waals surface area contributed by atoms with Crippen molar-refractivity contribution in [2.45, 2.75) is 31.8 Å². The molecule has 0 radical (unpaired) electrons. The van der Waals surface area contributed by atoms with Crippen molar-refractivity contribution in [3.05, 3.63) is 29.3 Å². The Hall–Kier alpha value is -1.26. The normalized spacial score (nSPS) is 22.4. The first-order valence-electron chi connectivity index (χ1n) is 6.84. The molecule has 1 aliphatic rings. The zero-order chi connectivity index (χ0) is 14.5. The van der Waals surface area contributed by atoms with Gasteiger partial charge in [0.1, 0.15) is 5.75 Å². The summed E-state index contributed by atoms with van der Waals surface area (Å²) in [6, 6.07) is 7.38. The van der Waals surface area contributed by atoms with E-state index in [-0.39, 0.29) is 17.9 Å². The first-order valence-corrected chi connectivity index (χ1v) is 7.22. The molecule has 2 rings (SSSR count). The van der Waals surface area contributed by atoms with Crippen molar-refractivity contribution < 1.29 is 14.4 Å². The lowest BCUT2D eigenvalue weighted by molar-refractivity contribution is -0.174. The molecular weight excluding hydrogens is 278 g/mol. The Morgan fingerprint density at radius 2 is 1.80 bits per heavy atom. The van der Waals surface area contributed by atoms with Crippen molar-refractivity contribution >= 4 is 17.5 Å². The second-order valence-electron chi connectivity index (χ2n) is 5.06. The number of nitrogens with zero attached hydrogens (tertiary/aromatic N) is 1. The molecule has 1 aromatic rings. The molecule has 1 amide bonds. The number of hydrogen-bond donors (Lipinski definition) is 0. The number of ether oxygens (including phenoxy) is 1.